The smallest absolute Gasteiger partial charge is 0.437 e. The van der Waals surface area contributed by atoms with Crippen LogP contribution < -0.4 is 11.1 Å². The summed E-state index contributed by atoms with van der Waals surface area (Å²) in [5.41, 5.74) is 5.49. The molecule has 0 heterocycles. The molecule has 4 N–H and O–H groups in total. The molecule has 6 nitrogen and oxygen atoms in total. The monoisotopic (exact) mass is 412 g/mol. The molecule has 0 aliphatic heterocycles. The molecular formula is C14H40N2O4Si4. The molecule has 0 spiro atoms. The van der Waals surface area contributed by atoms with E-state index in [-0.39, 0.29) is 0 Å². The lowest BCUT2D eigenvalue weighted by Gasteiger charge is -2.39. The molecule has 146 valence electrons. The zero-order valence-corrected chi connectivity index (χ0v) is 21.0. The van der Waals surface area contributed by atoms with Gasteiger partial charge in [0.1, 0.15) is 0 Å². The van der Waals surface area contributed by atoms with Crippen LogP contribution in [0.5, 0.6) is 0 Å². The van der Waals surface area contributed by atoms with Crippen molar-refractivity contribution in [2.24, 2.45) is 5.73 Å². The first kappa shape index (κ1) is 24.6. The van der Waals surface area contributed by atoms with Crippen LogP contribution in [0, 0.1) is 0 Å². The van der Waals surface area contributed by atoms with Gasteiger partial charge in [-0.3, -0.25) is 0 Å². The van der Waals surface area contributed by atoms with Crippen LogP contribution in [0.15, 0.2) is 0 Å². The third-order valence-electron chi connectivity index (χ3n) is 2.83. The Kier molecular flexibility index (Phi) is 10.4. The molecule has 0 amide bonds. The quantitative estimate of drug-likeness (QED) is 0.318. The molecule has 0 aliphatic rings. The summed E-state index contributed by atoms with van der Waals surface area (Å²) in [7, 11) is -9.28. The topological polar surface area (TPSA) is 86.0 Å². The number of nitrogens with one attached hydrogen (secondary N) is 1. The number of rotatable bonds is 13. The Bertz CT molecular complexity index is 362. The van der Waals surface area contributed by atoms with Gasteiger partial charge in [-0.1, -0.05) is 0 Å². The average molecular weight is 413 g/mol. The molecule has 0 aromatic rings. The van der Waals surface area contributed by atoms with E-state index < -0.39 is 34.0 Å². The van der Waals surface area contributed by atoms with Gasteiger partial charge in [-0.15, -0.1) is 0 Å². The molecule has 10 heteroatoms. The minimum absolute atomic E-state index is 0.568. The minimum atomic E-state index is -3.23. The van der Waals surface area contributed by atoms with E-state index in [0.29, 0.717) is 12.6 Å². The van der Waals surface area contributed by atoms with E-state index in [1.54, 1.807) is 0 Å². The molecule has 1 unspecified atom stereocenters. The zero-order valence-electron chi connectivity index (χ0n) is 17.0. The van der Waals surface area contributed by atoms with E-state index >= 15 is 0 Å². The lowest BCUT2D eigenvalue weighted by atomic mass is 10.4. The van der Waals surface area contributed by atoms with Crippen molar-refractivity contribution in [2.45, 2.75) is 71.3 Å². The molecule has 0 fully saturated rings. The second-order valence-corrected chi connectivity index (χ2v) is 24.3. The van der Waals surface area contributed by atoms with Gasteiger partial charge >= 0.3 is 17.4 Å². The molecule has 0 rings (SSSR count). The Morgan fingerprint density at radius 1 is 0.792 bits per heavy atom. The summed E-state index contributed by atoms with van der Waals surface area (Å²) in [6.45, 7) is 19.2. The fraction of sp³-hybridized carbons (Fsp3) is 1.00. The highest BCUT2D eigenvalue weighted by Gasteiger charge is 2.47. The fourth-order valence-corrected chi connectivity index (χ4v) is 17.9. The first-order chi connectivity index (χ1) is 10.7. The van der Waals surface area contributed by atoms with E-state index in [0.717, 1.165) is 25.9 Å². The van der Waals surface area contributed by atoms with Gasteiger partial charge in [-0.2, -0.15) is 0 Å². The van der Waals surface area contributed by atoms with E-state index in [4.69, 9.17) is 18.1 Å². The highest BCUT2D eigenvalue weighted by Crippen LogP contribution is 2.25. The van der Waals surface area contributed by atoms with Crippen LogP contribution in [0.25, 0.3) is 0 Å². The Balaban J connectivity index is 4.76. The van der Waals surface area contributed by atoms with Gasteiger partial charge in [0.25, 0.3) is 0 Å². The molecule has 1 atom stereocenters. The van der Waals surface area contributed by atoms with Crippen LogP contribution in [0.3, 0.4) is 0 Å². The molecule has 24 heavy (non-hydrogen) atoms. The van der Waals surface area contributed by atoms with Crippen molar-refractivity contribution in [3.8, 4) is 0 Å². The summed E-state index contributed by atoms with van der Waals surface area (Å²) in [5.74, 6) is 0. The third kappa shape index (κ3) is 13.9. The number of hydrogen-bond acceptors (Lipinski definition) is 6. The molecule has 0 aromatic carbocycles. The second-order valence-electron chi connectivity index (χ2n) is 8.64. The Hall–Kier alpha value is 0.628. The van der Waals surface area contributed by atoms with E-state index in [1.165, 1.54) is 0 Å². The SMILES string of the molecule is C[Si](C)(C)O[Si](C)(C)O[Si](O)(CCCNCCCN)O[Si](C)(C)C. The maximum atomic E-state index is 11.1. The Labute approximate surface area is 153 Å². The van der Waals surface area contributed by atoms with Crippen molar-refractivity contribution in [3.05, 3.63) is 0 Å². The zero-order chi connectivity index (χ0) is 19.1. The van der Waals surface area contributed by atoms with Crippen LogP contribution in [-0.2, 0) is 12.3 Å². The predicted octanol–water partition coefficient (Wildman–Crippen LogP) is 2.67. The van der Waals surface area contributed by atoms with Crippen LogP contribution >= 0.6 is 0 Å². The first-order valence-corrected chi connectivity index (χ1v) is 20.5. The van der Waals surface area contributed by atoms with Crippen molar-refractivity contribution in [2.75, 3.05) is 19.6 Å². The molecule has 0 radical (unpaired) electrons. The summed E-state index contributed by atoms with van der Waals surface area (Å²) < 4.78 is 18.6. The predicted molar refractivity (Wildman–Crippen MR) is 111 cm³/mol. The van der Waals surface area contributed by atoms with Gasteiger partial charge < -0.3 is 28.2 Å². The third-order valence-corrected chi connectivity index (χ3v) is 15.2. The van der Waals surface area contributed by atoms with Crippen molar-refractivity contribution >= 4 is 34.0 Å². The van der Waals surface area contributed by atoms with Crippen molar-refractivity contribution in [3.63, 3.8) is 0 Å². The van der Waals surface area contributed by atoms with Crippen LogP contribution in [0.4, 0.5) is 0 Å². The van der Waals surface area contributed by atoms with Crippen molar-refractivity contribution in [1.29, 1.82) is 0 Å². The van der Waals surface area contributed by atoms with E-state index in [1.807, 2.05) is 13.1 Å². The summed E-state index contributed by atoms with van der Waals surface area (Å²) in [5, 5.41) is 3.34. The van der Waals surface area contributed by atoms with E-state index in [2.05, 4.69) is 44.6 Å². The van der Waals surface area contributed by atoms with Gasteiger partial charge in [-0.25, -0.2) is 0 Å². The molecule has 0 aromatic heterocycles. The molecule has 0 saturated heterocycles. The fourth-order valence-electron chi connectivity index (χ4n) is 2.53. The lowest BCUT2D eigenvalue weighted by Crippen LogP contribution is -2.58. The molecular weight excluding hydrogens is 373 g/mol. The summed E-state index contributed by atoms with van der Waals surface area (Å²) >= 11 is 0. The van der Waals surface area contributed by atoms with Crippen LogP contribution in [0.1, 0.15) is 12.8 Å². The molecule has 0 aliphatic carbocycles. The number of hydrogen-bond donors (Lipinski definition) is 3. The number of nitrogens with two attached hydrogens (primary N) is 1. The van der Waals surface area contributed by atoms with Crippen molar-refractivity contribution < 1.29 is 17.1 Å². The summed E-state index contributed by atoms with van der Waals surface area (Å²) in [6.07, 6.45) is 1.79. The van der Waals surface area contributed by atoms with Gasteiger partial charge in [0, 0.05) is 6.04 Å². The lowest BCUT2D eigenvalue weighted by molar-refractivity contribution is 0.218. The average Bonchev–Trinajstić information content (AvgIpc) is 2.26. The van der Waals surface area contributed by atoms with Crippen LogP contribution in [0.2, 0.25) is 58.4 Å². The van der Waals surface area contributed by atoms with Gasteiger partial charge in [0.05, 0.1) is 0 Å². The maximum absolute atomic E-state index is 11.1. The van der Waals surface area contributed by atoms with Gasteiger partial charge in [0.2, 0.25) is 0 Å². The Morgan fingerprint density at radius 3 is 1.75 bits per heavy atom. The summed E-state index contributed by atoms with van der Waals surface area (Å²) in [4.78, 5) is 11.1. The largest absolute Gasteiger partial charge is 0.478 e. The Morgan fingerprint density at radius 2 is 1.29 bits per heavy atom. The second kappa shape index (κ2) is 10.1. The normalized spacial score (nSPS) is 16.2. The molecule has 0 bridgehead atoms. The maximum Gasteiger partial charge on any atom is 0.478 e. The van der Waals surface area contributed by atoms with E-state index in [9.17, 15) is 4.80 Å². The summed E-state index contributed by atoms with van der Waals surface area (Å²) in [6, 6.07) is 0.568. The van der Waals surface area contributed by atoms with Crippen LogP contribution in [-0.4, -0.2) is 58.4 Å². The first-order valence-electron chi connectivity index (χ1n) is 8.92. The standard InChI is InChI=1S/C14H40N2O4Si4/c1-21(2,3)18-23(7,8)20-24(17,19-22(4,5)6)14-10-13-16-12-9-11-15/h16-17H,9-15H2,1-8H3. The van der Waals surface area contributed by atoms with Gasteiger partial charge in [-0.05, 0) is 84.9 Å². The van der Waals surface area contributed by atoms with Gasteiger partial charge in [0.15, 0.2) is 16.6 Å². The molecule has 0 saturated carbocycles. The minimum Gasteiger partial charge on any atom is -0.437 e. The highest BCUT2D eigenvalue weighted by molar-refractivity contribution is 6.87. The highest BCUT2D eigenvalue weighted by atomic mass is 28.5. The van der Waals surface area contributed by atoms with Crippen molar-refractivity contribution in [1.82, 2.24) is 5.32 Å².